The number of carbonyl (C=O) groups excluding carboxylic acids is 2. The van der Waals surface area contributed by atoms with E-state index in [1.165, 1.54) is 41.3 Å². The van der Waals surface area contributed by atoms with Gasteiger partial charge in [0.15, 0.2) is 5.78 Å². The lowest BCUT2D eigenvalue weighted by Crippen LogP contribution is -2.50. The number of fused-ring (bicyclic) bond motifs is 2. The number of carbonyl (C=O) groups is 2. The van der Waals surface area contributed by atoms with Gasteiger partial charge >= 0.3 is 6.03 Å². The molecule has 0 saturated carbocycles. The molecular formula is C24H31N5O3. The fourth-order valence-corrected chi connectivity index (χ4v) is 5.17. The smallest absolute Gasteiger partial charge is 0.344 e. The van der Waals surface area contributed by atoms with E-state index >= 15 is 0 Å². The second kappa shape index (κ2) is 8.67. The Kier molecular flexibility index (Phi) is 5.73. The molecule has 0 N–H and O–H groups in total. The molecule has 1 aromatic carbocycles. The maximum Gasteiger partial charge on any atom is 0.344 e. The number of ketones is 1. The summed E-state index contributed by atoms with van der Waals surface area (Å²) >= 11 is 0. The molecule has 1 aromatic heterocycles. The predicted molar refractivity (Wildman–Crippen MR) is 121 cm³/mol. The van der Waals surface area contributed by atoms with Crippen molar-refractivity contribution >= 4 is 17.5 Å². The van der Waals surface area contributed by atoms with Gasteiger partial charge < -0.3 is 14.5 Å². The number of aromatic nitrogens is 2. The number of nitrogens with zero attached hydrogens (tertiary/aromatic N) is 5. The van der Waals surface area contributed by atoms with Crippen LogP contribution in [0.5, 0.6) is 0 Å². The Bertz CT molecular complexity index is 995. The second-order valence-corrected chi connectivity index (χ2v) is 9.21. The van der Waals surface area contributed by atoms with Crippen LogP contribution >= 0.6 is 0 Å². The number of rotatable bonds is 4. The van der Waals surface area contributed by atoms with Crippen LogP contribution in [0.4, 0.5) is 10.5 Å². The average Bonchev–Trinajstić information content (AvgIpc) is 3.38. The van der Waals surface area contributed by atoms with E-state index in [1.807, 2.05) is 4.90 Å². The summed E-state index contributed by atoms with van der Waals surface area (Å²) in [6.07, 6.45) is 3.98. The van der Waals surface area contributed by atoms with E-state index in [9.17, 15) is 9.59 Å². The number of ether oxygens (including phenoxy) is 1. The van der Waals surface area contributed by atoms with E-state index in [-0.39, 0.29) is 11.8 Å². The van der Waals surface area contributed by atoms with Gasteiger partial charge in [-0.2, -0.15) is 9.78 Å². The van der Waals surface area contributed by atoms with Crippen LogP contribution in [0.15, 0.2) is 30.5 Å². The number of hydrogen-bond donors (Lipinski definition) is 0. The molecule has 32 heavy (non-hydrogen) atoms. The van der Waals surface area contributed by atoms with E-state index in [0.717, 1.165) is 32.8 Å². The molecule has 3 fully saturated rings. The summed E-state index contributed by atoms with van der Waals surface area (Å²) in [4.78, 5) is 31.1. The average molecular weight is 438 g/mol. The van der Waals surface area contributed by atoms with E-state index in [2.05, 4.69) is 40.0 Å². The Hall–Kier alpha value is -2.71. The highest BCUT2D eigenvalue weighted by Gasteiger charge is 2.38. The molecule has 8 heteroatoms. The minimum Gasteiger partial charge on any atom is -0.377 e. The molecule has 2 unspecified atom stereocenters. The van der Waals surface area contributed by atoms with Gasteiger partial charge in [0.25, 0.3) is 0 Å². The molecule has 3 aliphatic heterocycles. The van der Waals surface area contributed by atoms with Crippen molar-refractivity contribution in [2.24, 2.45) is 0 Å². The third kappa shape index (κ3) is 4.04. The van der Waals surface area contributed by atoms with E-state index in [4.69, 9.17) is 4.74 Å². The lowest BCUT2D eigenvalue weighted by Gasteiger charge is -2.39. The highest BCUT2D eigenvalue weighted by molar-refractivity contribution is 5.92. The van der Waals surface area contributed by atoms with Gasteiger partial charge in [-0.1, -0.05) is 12.1 Å². The molecule has 1 amide bonds. The molecule has 2 bridgehead atoms. The zero-order valence-electron chi connectivity index (χ0n) is 18.9. The summed E-state index contributed by atoms with van der Waals surface area (Å²) in [5.74, 6) is -0.135. The first-order valence-corrected chi connectivity index (χ1v) is 11.5. The summed E-state index contributed by atoms with van der Waals surface area (Å²) in [5, 5.41) is 4.11. The Morgan fingerprint density at radius 3 is 2.44 bits per heavy atom. The molecule has 5 rings (SSSR count). The zero-order chi connectivity index (χ0) is 22.2. The van der Waals surface area contributed by atoms with Gasteiger partial charge in [0, 0.05) is 51.5 Å². The highest BCUT2D eigenvalue weighted by atomic mass is 16.5. The molecule has 3 saturated heterocycles. The first-order chi connectivity index (χ1) is 15.5. The number of anilines is 1. The van der Waals surface area contributed by atoms with Gasteiger partial charge in [-0.3, -0.25) is 9.69 Å². The first kappa shape index (κ1) is 21.2. The molecule has 3 aliphatic rings. The van der Waals surface area contributed by atoms with Gasteiger partial charge in [0.05, 0.1) is 25.3 Å². The largest absolute Gasteiger partial charge is 0.377 e. The summed E-state index contributed by atoms with van der Waals surface area (Å²) in [5.41, 5.74) is 4.31. The number of benzene rings is 1. The van der Waals surface area contributed by atoms with Crippen LogP contribution in [0.3, 0.4) is 0 Å². The van der Waals surface area contributed by atoms with Gasteiger partial charge in [-0.05, 0) is 43.0 Å². The standard InChI is InChI=1S/C24H31N5O3/c1-17-3-4-19(23(13-17)29-20-5-6-21(29)16-32-15-20)14-26-9-11-27(12-10-26)24(31)28-8-7-22(25-28)18(2)30/h3-4,7-8,13,20-21H,5-6,9-12,14-16H2,1-2H3. The van der Waals surface area contributed by atoms with Crippen molar-refractivity contribution in [1.82, 2.24) is 19.6 Å². The van der Waals surface area contributed by atoms with Crippen molar-refractivity contribution < 1.29 is 14.3 Å². The number of hydrogen-bond acceptors (Lipinski definition) is 6. The molecule has 2 atom stereocenters. The Labute approximate surface area is 188 Å². The lowest BCUT2D eigenvalue weighted by molar-refractivity contribution is 0.0903. The molecule has 2 aromatic rings. The van der Waals surface area contributed by atoms with Crippen LogP contribution < -0.4 is 4.90 Å². The monoisotopic (exact) mass is 437 g/mol. The van der Waals surface area contributed by atoms with Gasteiger partial charge in [0.2, 0.25) is 0 Å². The van der Waals surface area contributed by atoms with Gasteiger partial charge in [-0.15, -0.1) is 0 Å². The third-order valence-electron chi connectivity index (χ3n) is 6.94. The van der Waals surface area contributed by atoms with Crippen LogP contribution in [0.25, 0.3) is 0 Å². The fraction of sp³-hybridized carbons (Fsp3) is 0.542. The number of aryl methyl sites for hydroxylation is 1. The summed E-state index contributed by atoms with van der Waals surface area (Å²) in [6, 6.07) is 9.19. The zero-order valence-corrected chi connectivity index (χ0v) is 18.9. The molecule has 170 valence electrons. The summed E-state index contributed by atoms with van der Waals surface area (Å²) in [7, 11) is 0. The molecular weight excluding hydrogens is 406 g/mol. The number of Topliss-reactive ketones (excluding diaryl/α,β-unsaturated/α-hetero) is 1. The van der Waals surface area contributed by atoms with Crippen molar-refractivity contribution in [3.05, 3.63) is 47.3 Å². The van der Waals surface area contributed by atoms with Crippen molar-refractivity contribution in [1.29, 1.82) is 0 Å². The normalized spacial score (nSPS) is 23.6. The number of amides is 1. The summed E-state index contributed by atoms with van der Waals surface area (Å²) < 4.78 is 7.07. The topological polar surface area (TPSA) is 70.9 Å². The molecule has 0 spiro atoms. The van der Waals surface area contributed by atoms with Crippen LogP contribution in [-0.2, 0) is 11.3 Å². The predicted octanol–water partition coefficient (Wildman–Crippen LogP) is 2.55. The maximum atomic E-state index is 12.8. The van der Waals surface area contributed by atoms with Crippen molar-refractivity contribution in [2.75, 3.05) is 44.3 Å². The molecule has 0 radical (unpaired) electrons. The quantitative estimate of drug-likeness (QED) is 0.685. The molecule has 8 nitrogen and oxygen atoms in total. The maximum absolute atomic E-state index is 12.8. The van der Waals surface area contributed by atoms with Crippen molar-refractivity contribution in [3.8, 4) is 0 Å². The fourth-order valence-electron chi connectivity index (χ4n) is 5.17. The number of piperazine rings is 1. The van der Waals surface area contributed by atoms with E-state index in [1.54, 1.807) is 12.3 Å². The van der Waals surface area contributed by atoms with E-state index in [0.29, 0.717) is 30.9 Å². The summed E-state index contributed by atoms with van der Waals surface area (Å²) in [6.45, 7) is 9.07. The Morgan fingerprint density at radius 2 is 1.78 bits per heavy atom. The van der Waals surface area contributed by atoms with Crippen LogP contribution in [0.2, 0.25) is 0 Å². The van der Waals surface area contributed by atoms with Crippen molar-refractivity contribution in [3.63, 3.8) is 0 Å². The van der Waals surface area contributed by atoms with Crippen LogP contribution in [-0.4, -0.2) is 82.9 Å². The third-order valence-corrected chi connectivity index (χ3v) is 6.94. The van der Waals surface area contributed by atoms with Crippen molar-refractivity contribution in [2.45, 2.75) is 45.3 Å². The highest BCUT2D eigenvalue weighted by Crippen LogP contribution is 2.37. The Balaban J connectivity index is 1.25. The molecule has 0 aliphatic carbocycles. The van der Waals surface area contributed by atoms with Crippen LogP contribution in [0, 0.1) is 6.92 Å². The van der Waals surface area contributed by atoms with Gasteiger partial charge in [0.1, 0.15) is 5.69 Å². The van der Waals surface area contributed by atoms with E-state index < -0.39 is 0 Å². The minimum atomic E-state index is -0.168. The SMILES string of the molecule is CC(=O)c1ccn(C(=O)N2CCN(Cc3ccc(C)cc3N3C4CCC3COC4)CC2)n1. The first-order valence-electron chi connectivity index (χ1n) is 11.5. The number of morpholine rings is 1. The molecule has 4 heterocycles. The second-order valence-electron chi connectivity index (χ2n) is 9.21. The van der Waals surface area contributed by atoms with Gasteiger partial charge in [-0.25, -0.2) is 4.79 Å². The van der Waals surface area contributed by atoms with Crippen LogP contribution in [0.1, 0.15) is 41.4 Å². The Morgan fingerprint density at radius 1 is 1.06 bits per heavy atom. The minimum absolute atomic E-state index is 0.135. The lowest BCUT2D eigenvalue weighted by atomic mass is 10.1.